The summed E-state index contributed by atoms with van der Waals surface area (Å²) in [6.45, 7) is 1.52. The van der Waals surface area contributed by atoms with Crippen molar-refractivity contribution in [2.75, 3.05) is 30.3 Å². The topological polar surface area (TPSA) is 115 Å². The number of anilines is 1. The molecule has 2 heterocycles. The molecular weight excluding hydrogens is 292 g/mol. The molecule has 1 aliphatic heterocycles. The predicted octanol–water partition coefficient (Wildman–Crippen LogP) is -1.27. The van der Waals surface area contributed by atoms with Gasteiger partial charge in [-0.2, -0.15) is 9.40 Å². The number of aryl methyl sites for hydroxylation is 1. The van der Waals surface area contributed by atoms with Crippen molar-refractivity contribution in [1.29, 1.82) is 0 Å². The Hall–Kier alpha value is -1.13. The zero-order valence-corrected chi connectivity index (χ0v) is 12.3. The van der Waals surface area contributed by atoms with Crippen LogP contribution in [0.4, 0.5) is 5.82 Å². The molecule has 1 aromatic heterocycles. The maximum atomic E-state index is 12.5. The van der Waals surface area contributed by atoms with Crippen molar-refractivity contribution in [3.63, 3.8) is 0 Å². The second-order valence-corrected chi connectivity index (χ2v) is 8.66. The zero-order chi connectivity index (χ0) is 14.4. The third-order valence-electron chi connectivity index (χ3n) is 3.21. The summed E-state index contributed by atoms with van der Waals surface area (Å²) < 4.78 is 50.1. The molecule has 0 aromatic carbocycles. The highest BCUT2D eigenvalue weighted by atomic mass is 32.2. The second-order valence-electron chi connectivity index (χ2n) is 4.48. The molecule has 108 valence electrons. The Morgan fingerprint density at radius 2 is 1.79 bits per heavy atom. The van der Waals surface area contributed by atoms with Gasteiger partial charge in [-0.1, -0.05) is 0 Å². The lowest BCUT2D eigenvalue weighted by Gasteiger charge is -2.25. The van der Waals surface area contributed by atoms with Crippen LogP contribution in [-0.2, 0) is 26.9 Å². The largest absolute Gasteiger partial charge is 0.381 e. The minimum atomic E-state index is -3.79. The first-order valence-corrected chi connectivity index (χ1v) is 8.91. The molecule has 0 amide bonds. The van der Waals surface area contributed by atoms with Crippen molar-refractivity contribution in [3.05, 3.63) is 5.69 Å². The Morgan fingerprint density at radius 3 is 2.21 bits per heavy atom. The van der Waals surface area contributed by atoms with Gasteiger partial charge in [-0.05, 0) is 6.92 Å². The summed E-state index contributed by atoms with van der Waals surface area (Å²) in [5.41, 5.74) is 6.07. The van der Waals surface area contributed by atoms with Crippen LogP contribution in [0.2, 0.25) is 0 Å². The van der Waals surface area contributed by atoms with E-state index < -0.39 is 19.9 Å². The van der Waals surface area contributed by atoms with Gasteiger partial charge in [0.2, 0.25) is 10.0 Å². The van der Waals surface area contributed by atoms with Crippen molar-refractivity contribution >= 4 is 25.7 Å². The average molecular weight is 308 g/mol. The van der Waals surface area contributed by atoms with Gasteiger partial charge in [0.15, 0.2) is 15.7 Å². The summed E-state index contributed by atoms with van der Waals surface area (Å²) in [5.74, 6) is -0.384. The Kier molecular flexibility index (Phi) is 3.35. The molecule has 0 aliphatic carbocycles. The number of nitrogens with two attached hydrogens (primary N) is 1. The van der Waals surface area contributed by atoms with Crippen LogP contribution in [0.15, 0.2) is 4.90 Å². The molecule has 19 heavy (non-hydrogen) atoms. The van der Waals surface area contributed by atoms with Crippen LogP contribution in [0.3, 0.4) is 0 Å². The van der Waals surface area contributed by atoms with Crippen molar-refractivity contribution < 1.29 is 16.8 Å². The number of rotatable bonds is 2. The molecule has 1 fully saturated rings. The van der Waals surface area contributed by atoms with Gasteiger partial charge in [-0.3, -0.25) is 4.68 Å². The van der Waals surface area contributed by atoms with E-state index in [0.717, 1.165) is 4.31 Å². The van der Waals surface area contributed by atoms with Crippen LogP contribution >= 0.6 is 0 Å². The molecule has 1 aliphatic rings. The fourth-order valence-electron chi connectivity index (χ4n) is 2.00. The molecule has 0 unspecified atom stereocenters. The van der Waals surface area contributed by atoms with E-state index >= 15 is 0 Å². The number of sulfone groups is 1. The number of hydrogen-bond donors (Lipinski definition) is 1. The van der Waals surface area contributed by atoms with Gasteiger partial charge in [0, 0.05) is 20.1 Å². The van der Waals surface area contributed by atoms with Gasteiger partial charge in [0.05, 0.1) is 17.2 Å². The summed E-state index contributed by atoms with van der Waals surface area (Å²) >= 11 is 0. The molecular formula is C9H16N4O4S2. The first-order valence-electron chi connectivity index (χ1n) is 5.65. The molecule has 2 N–H and O–H groups in total. The Morgan fingerprint density at radius 1 is 1.26 bits per heavy atom. The van der Waals surface area contributed by atoms with Crippen LogP contribution < -0.4 is 5.73 Å². The van der Waals surface area contributed by atoms with E-state index in [2.05, 4.69) is 5.10 Å². The van der Waals surface area contributed by atoms with E-state index in [9.17, 15) is 16.8 Å². The summed E-state index contributed by atoms with van der Waals surface area (Å²) in [7, 11) is -5.32. The number of nitrogens with zero attached hydrogens (tertiary/aromatic N) is 3. The van der Waals surface area contributed by atoms with E-state index in [1.165, 1.54) is 4.68 Å². The predicted molar refractivity (Wildman–Crippen MR) is 69.8 cm³/mol. The third kappa shape index (κ3) is 2.47. The molecule has 10 heteroatoms. The minimum absolute atomic E-state index is 0.0331. The molecule has 0 radical (unpaired) electrons. The molecule has 8 nitrogen and oxygen atoms in total. The van der Waals surface area contributed by atoms with Gasteiger partial charge < -0.3 is 5.73 Å². The number of sulfonamides is 1. The summed E-state index contributed by atoms with van der Waals surface area (Å²) in [6.07, 6.45) is 0. The molecule has 2 rings (SSSR count). The highest BCUT2D eigenvalue weighted by molar-refractivity contribution is 7.92. The lowest BCUT2D eigenvalue weighted by molar-refractivity contribution is 0.430. The van der Waals surface area contributed by atoms with E-state index in [1.54, 1.807) is 14.0 Å². The normalized spacial score (nSPS) is 20.5. The van der Waals surface area contributed by atoms with E-state index in [4.69, 9.17) is 5.73 Å². The molecule has 0 spiro atoms. The van der Waals surface area contributed by atoms with Gasteiger partial charge >= 0.3 is 0 Å². The van der Waals surface area contributed by atoms with E-state index in [0.29, 0.717) is 5.69 Å². The van der Waals surface area contributed by atoms with Crippen molar-refractivity contribution in [2.24, 2.45) is 7.05 Å². The van der Waals surface area contributed by atoms with Crippen LogP contribution in [0.5, 0.6) is 0 Å². The average Bonchev–Trinajstić information content (AvgIpc) is 2.52. The summed E-state index contributed by atoms with van der Waals surface area (Å²) in [5, 5.41) is 3.87. The second kappa shape index (κ2) is 4.46. The molecule has 0 bridgehead atoms. The highest BCUT2D eigenvalue weighted by Crippen LogP contribution is 2.26. The smallest absolute Gasteiger partial charge is 0.248 e. The van der Waals surface area contributed by atoms with Crippen molar-refractivity contribution in [2.45, 2.75) is 11.8 Å². The van der Waals surface area contributed by atoms with Gasteiger partial charge in [0.1, 0.15) is 4.90 Å². The lowest BCUT2D eigenvalue weighted by atomic mass is 10.5. The fraction of sp³-hybridized carbons (Fsp3) is 0.667. The van der Waals surface area contributed by atoms with Crippen LogP contribution in [0.1, 0.15) is 5.69 Å². The quantitative estimate of drug-likeness (QED) is 0.728. The Labute approximate surface area is 112 Å². The van der Waals surface area contributed by atoms with Crippen molar-refractivity contribution in [3.8, 4) is 0 Å². The van der Waals surface area contributed by atoms with Gasteiger partial charge in [0.25, 0.3) is 0 Å². The molecule has 1 saturated heterocycles. The van der Waals surface area contributed by atoms with Crippen molar-refractivity contribution in [1.82, 2.24) is 14.1 Å². The SMILES string of the molecule is Cc1c(S(=O)(=O)N2CCS(=O)(=O)CC2)c(N)nn1C. The van der Waals surface area contributed by atoms with E-state index in [1.807, 2.05) is 0 Å². The Balaban J connectivity index is 2.39. The van der Waals surface area contributed by atoms with Gasteiger partial charge in [-0.25, -0.2) is 16.8 Å². The third-order valence-corrected chi connectivity index (χ3v) is 6.88. The number of hydrogen-bond acceptors (Lipinski definition) is 6. The standard InChI is InChI=1S/C9H16N4O4S2/c1-7-8(9(10)11-12(7)2)19(16,17)13-3-5-18(14,15)6-4-13/h3-6H2,1-2H3,(H2,10,11). The molecule has 0 saturated carbocycles. The molecule has 1 aromatic rings. The van der Waals surface area contributed by atoms with Crippen LogP contribution in [0.25, 0.3) is 0 Å². The van der Waals surface area contributed by atoms with Crippen LogP contribution in [-0.4, -0.2) is 55.5 Å². The van der Waals surface area contributed by atoms with Gasteiger partial charge in [-0.15, -0.1) is 0 Å². The van der Waals surface area contributed by atoms with E-state index in [-0.39, 0.29) is 35.3 Å². The number of nitrogen functional groups attached to an aromatic ring is 1. The monoisotopic (exact) mass is 308 g/mol. The fourth-order valence-corrected chi connectivity index (χ4v) is 5.16. The maximum absolute atomic E-state index is 12.5. The molecule has 0 atom stereocenters. The maximum Gasteiger partial charge on any atom is 0.248 e. The zero-order valence-electron chi connectivity index (χ0n) is 10.7. The summed E-state index contributed by atoms with van der Waals surface area (Å²) in [6, 6.07) is 0. The van der Waals surface area contributed by atoms with Crippen LogP contribution in [0, 0.1) is 6.92 Å². The highest BCUT2D eigenvalue weighted by Gasteiger charge is 2.35. The summed E-state index contributed by atoms with van der Waals surface area (Å²) in [4.78, 5) is -0.0331. The minimum Gasteiger partial charge on any atom is -0.381 e. The first kappa shape index (κ1) is 14.3. The number of aromatic nitrogens is 2. The first-order chi connectivity index (χ1) is 8.65. The Bertz CT molecular complexity index is 691. The lowest BCUT2D eigenvalue weighted by Crippen LogP contribution is -2.43.